The van der Waals surface area contributed by atoms with Crippen molar-refractivity contribution in [3.63, 3.8) is 0 Å². The number of amides is 1. The maximum atomic E-state index is 12.9. The molecule has 2 fully saturated rings. The molecule has 0 bridgehead atoms. The Labute approximate surface area is 144 Å². The largest absolute Gasteiger partial charge is 0.339 e. The number of para-hydroxylation sites is 1. The number of hydrogen-bond donors (Lipinski definition) is 0. The Hall–Kier alpha value is -2.70. The van der Waals surface area contributed by atoms with Crippen molar-refractivity contribution < 1.29 is 9.32 Å². The lowest BCUT2D eigenvalue weighted by Gasteiger charge is -2.22. The Kier molecular flexibility index (Phi) is 3.33. The van der Waals surface area contributed by atoms with E-state index in [0.717, 1.165) is 49.0 Å². The van der Waals surface area contributed by atoms with Crippen LogP contribution in [-0.2, 0) is 11.3 Å². The summed E-state index contributed by atoms with van der Waals surface area (Å²) in [5.74, 6) is 1.86. The maximum Gasteiger partial charge on any atom is 0.244 e. The molecule has 0 radical (unpaired) electrons. The molecule has 1 saturated carbocycles. The van der Waals surface area contributed by atoms with Crippen molar-refractivity contribution in [3.8, 4) is 0 Å². The molecule has 1 saturated heterocycles. The lowest BCUT2D eigenvalue weighted by molar-refractivity contribution is -0.133. The van der Waals surface area contributed by atoms with Gasteiger partial charge in [0.2, 0.25) is 11.8 Å². The van der Waals surface area contributed by atoms with Gasteiger partial charge in [-0.3, -0.25) is 9.48 Å². The molecular weight excluding hydrogens is 318 g/mol. The third-order valence-corrected chi connectivity index (χ3v) is 5.09. The van der Waals surface area contributed by atoms with Crippen molar-refractivity contribution >= 4 is 16.8 Å². The fourth-order valence-corrected chi connectivity index (χ4v) is 3.58. The molecule has 0 spiro atoms. The number of aromatic nitrogens is 4. The summed E-state index contributed by atoms with van der Waals surface area (Å²) >= 11 is 0. The van der Waals surface area contributed by atoms with Crippen LogP contribution in [0.15, 0.2) is 35.0 Å². The van der Waals surface area contributed by atoms with Gasteiger partial charge in [0.1, 0.15) is 6.54 Å². The molecule has 7 nitrogen and oxygen atoms in total. The number of carbonyl (C=O) groups excluding carboxylic acids is 1. The van der Waals surface area contributed by atoms with Crippen LogP contribution in [-0.4, -0.2) is 37.3 Å². The molecule has 1 unspecified atom stereocenters. The Morgan fingerprint density at radius 3 is 3.00 bits per heavy atom. The van der Waals surface area contributed by atoms with Gasteiger partial charge in [0.15, 0.2) is 5.82 Å². The van der Waals surface area contributed by atoms with Crippen LogP contribution in [0.2, 0.25) is 0 Å². The van der Waals surface area contributed by atoms with E-state index in [-0.39, 0.29) is 18.5 Å². The Morgan fingerprint density at radius 2 is 2.12 bits per heavy atom. The smallest absolute Gasteiger partial charge is 0.244 e. The van der Waals surface area contributed by atoms with E-state index in [2.05, 4.69) is 15.2 Å². The van der Waals surface area contributed by atoms with Crippen molar-refractivity contribution in [2.24, 2.45) is 0 Å². The predicted molar refractivity (Wildman–Crippen MR) is 89.7 cm³/mol. The SMILES string of the molecule is O=C(Cn1ncc2ccccc21)N1CCCC1c1noc(C2CC2)n1. The molecule has 2 aromatic heterocycles. The quantitative estimate of drug-likeness (QED) is 0.731. The van der Waals surface area contributed by atoms with Gasteiger partial charge in [0.05, 0.1) is 17.8 Å². The second-order valence-corrected chi connectivity index (χ2v) is 6.87. The molecule has 128 valence electrons. The number of rotatable bonds is 4. The summed E-state index contributed by atoms with van der Waals surface area (Å²) in [6.45, 7) is 0.966. The van der Waals surface area contributed by atoms with Gasteiger partial charge < -0.3 is 9.42 Å². The average Bonchev–Trinajstić information content (AvgIpc) is 3.04. The Morgan fingerprint density at radius 1 is 1.24 bits per heavy atom. The molecule has 1 atom stereocenters. The first kappa shape index (κ1) is 14.6. The standard InChI is InChI=1S/C18H19N5O2/c24-16(11-23-14-5-2-1-4-13(14)10-19-23)22-9-3-6-15(22)17-20-18(25-21-17)12-7-8-12/h1-2,4-5,10,12,15H,3,6-9,11H2. The minimum Gasteiger partial charge on any atom is -0.339 e. The van der Waals surface area contributed by atoms with E-state index in [9.17, 15) is 4.79 Å². The van der Waals surface area contributed by atoms with Crippen LogP contribution in [0.1, 0.15) is 49.4 Å². The zero-order valence-corrected chi connectivity index (χ0v) is 13.8. The highest BCUT2D eigenvalue weighted by molar-refractivity contribution is 5.82. The number of fused-ring (bicyclic) bond motifs is 1. The topological polar surface area (TPSA) is 77.0 Å². The van der Waals surface area contributed by atoms with Gasteiger partial charge in [-0.2, -0.15) is 10.1 Å². The third-order valence-electron chi connectivity index (χ3n) is 5.09. The number of nitrogens with zero attached hydrogens (tertiary/aromatic N) is 5. The minimum absolute atomic E-state index is 0.0501. The Balaban J connectivity index is 1.36. The molecule has 25 heavy (non-hydrogen) atoms. The molecule has 3 aromatic rings. The summed E-state index contributed by atoms with van der Waals surface area (Å²) < 4.78 is 7.14. The molecule has 1 amide bonds. The molecule has 5 rings (SSSR count). The van der Waals surface area contributed by atoms with Gasteiger partial charge in [0.25, 0.3) is 0 Å². The van der Waals surface area contributed by atoms with Crippen LogP contribution >= 0.6 is 0 Å². The van der Waals surface area contributed by atoms with Gasteiger partial charge >= 0.3 is 0 Å². The van der Waals surface area contributed by atoms with E-state index in [1.54, 1.807) is 10.9 Å². The van der Waals surface area contributed by atoms with Crippen LogP contribution in [0.5, 0.6) is 0 Å². The molecule has 1 aliphatic carbocycles. The molecule has 7 heteroatoms. The summed E-state index contributed by atoms with van der Waals surface area (Å²) in [5, 5.41) is 9.54. The van der Waals surface area contributed by atoms with Crippen LogP contribution in [0.4, 0.5) is 0 Å². The molecular formula is C18H19N5O2. The van der Waals surface area contributed by atoms with Crippen molar-refractivity contribution in [1.29, 1.82) is 0 Å². The van der Waals surface area contributed by atoms with Crippen LogP contribution < -0.4 is 0 Å². The summed E-state index contributed by atoms with van der Waals surface area (Å²) in [5.41, 5.74) is 0.974. The average molecular weight is 337 g/mol. The molecule has 3 heterocycles. The fourth-order valence-electron chi connectivity index (χ4n) is 3.58. The second kappa shape index (κ2) is 5.68. The van der Waals surface area contributed by atoms with Crippen molar-refractivity contribution in [2.45, 2.75) is 44.2 Å². The Bertz CT molecular complexity index is 926. The van der Waals surface area contributed by atoms with Crippen molar-refractivity contribution in [3.05, 3.63) is 42.2 Å². The summed E-state index contributed by atoms with van der Waals surface area (Å²) in [7, 11) is 0. The van der Waals surface area contributed by atoms with Crippen LogP contribution in [0.3, 0.4) is 0 Å². The summed E-state index contributed by atoms with van der Waals surface area (Å²) in [6, 6.07) is 7.84. The van der Waals surface area contributed by atoms with Gasteiger partial charge in [-0.05, 0) is 31.7 Å². The van der Waals surface area contributed by atoms with Gasteiger partial charge in [-0.1, -0.05) is 23.4 Å². The molecule has 1 aromatic carbocycles. The van der Waals surface area contributed by atoms with Gasteiger partial charge in [0, 0.05) is 17.8 Å². The monoisotopic (exact) mass is 337 g/mol. The third kappa shape index (κ3) is 2.59. The first-order valence-electron chi connectivity index (χ1n) is 8.83. The zero-order chi connectivity index (χ0) is 16.8. The molecule has 2 aliphatic rings. The molecule has 1 aliphatic heterocycles. The van der Waals surface area contributed by atoms with Crippen LogP contribution in [0.25, 0.3) is 10.9 Å². The number of benzene rings is 1. The van der Waals surface area contributed by atoms with E-state index in [0.29, 0.717) is 11.7 Å². The highest BCUT2D eigenvalue weighted by Gasteiger charge is 2.36. The lowest BCUT2D eigenvalue weighted by atomic mass is 10.2. The first-order valence-corrected chi connectivity index (χ1v) is 8.83. The summed E-state index contributed by atoms with van der Waals surface area (Å²) in [4.78, 5) is 19.3. The van der Waals surface area contributed by atoms with E-state index in [4.69, 9.17) is 4.52 Å². The first-order chi connectivity index (χ1) is 12.3. The van der Waals surface area contributed by atoms with Gasteiger partial charge in [-0.25, -0.2) is 0 Å². The number of hydrogen-bond acceptors (Lipinski definition) is 5. The highest BCUT2D eigenvalue weighted by Crippen LogP contribution is 2.40. The number of carbonyl (C=O) groups is 1. The predicted octanol–water partition coefficient (Wildman–Crippen LogP) is 2.66. The minimum atomic E-state index is -0.0782. The maximum absolute atomic E-state index is 12.9. The van der Waals surface area contributed by atoms with Gasteiger partial charge in [-0.15, -0.1) is 0 Å². The highest BCUT2D eigenvalue weighted by atomic mass is 16.5. The summed E-state index contributed by atoms with van der Waals surface area (Å²) in [6.07, 6.45) is 5.90. The second-order valence-electron chi connectivity index (χ2n) is 6.87. The lowest BCUT2D eigenvalue weighted by Crippen LogP contribution is -2.34. The van der Waals surface area contributed by atoms with E-state index < -0.39 is 0 Å². The van der Waals surface area contributed by atoms with E-state index >= 15 is 0 Å². The zero-order valence-electron chi connectivity index (χ0n) is 13.8. The van der Waals surface area contributed by atoms with Crippen molar-refractivity contribution in [1.82, 2.24) is 24.8 Å². The van der Waals surface area contributed by atoms with Crippen LogP contribution in [0, 0.1) is 0 Å². The van der Waals surface area contributed by atoms with E-state index in [1.807, 2.05) is 29.2 Å². The number of likely N-dealkylation sites (tertiary alicyclic amines) is 1. The molecule has 0 N–H and O–H groups in total. The van der Waals surface area contributed by atoms with Crippen molar-refractivity contribution in [2.75, 3.05) is 6.54 Å². The fraction of sp³-hybridized carbons (Fsp3) is 0.444. The van der Waals surface area contributed by atoms with E-state index in [1.165, 1.54) is 0 Å². The normalized spacial score (nSPS) is 20.5.